The van der Waals surface area contributed by atoms with Crippen molar-refractivity contribution in [3.63, 3.8) is 0 Å². The molecule has 1 fully saturated rings. The van der Waals surface area contributed by atoms with E-state index >= 15 is 0 Å². The standard InChI is InChI=1S/C22H30N2O2/c1-16-7-4-5-12-24(16)13-6-14-26-22(25)17-10-11-21-19(15-17)18-8-2-3-9-20(18)23-21/h10-11,15-16,23H,2-9,12-14H2,1H3. The van der Waals surface area contributed by atoms with Crippen LogP contribution in [0.4, 0.5) is 0 Å². The van der Waals surface area contributed by atoms with Crippen molar-refractivity contribution in [1.82, 2.24) is 9.88 Å². The monoisotopic (exact) mass is 354 g/mol. The first kappa shape index (κ1) is 17.6. The molecule has 2 heterocycles. The van der Waals surface area contributed by atoms with E-state index in [9.17, 15) is 4.79 Å². The number of nitrogens with one attached hydrogen (secondary N) is 1. The Morgan fingerprint density at radius 2 is 2.12 bits per heavy atom. The molecule has 1 atom stereocenters. The molecule has 0 radical (unpaired) electrons. The number of aromatic amines is 1. The predicted molar refractivity (Wildman–Crippen MR) is 105 cm³/mol. The molecule has 0 spiro atoms. The highest BCUT2D eigenvalue weighted by atomic mass is 16.5. The summed E-state index contributed by atoms with van der Waals surface area (Å²) in [5.74, 6) is -0.190. The molecule has 1 N–H and O–H groups in total. The van der Waals surface area contributed by atoms with Gasteiger partial charge in [0.15, 0.2) is 0 Å². The molecule has 1 aliphatic heterocycles. The molecule has 0 bridgehead atoms. The maximum absolute atomic E-state index is 12.4. The molecule has 1 saturated heterocycles. The van der Waals surface area contributed by atoms with Crippen LogP contribution >= 0.6 is 0 Å². The number of carbonyl (C=O) groups excluding carboxylic acids is 1. The Morgan fingerprint density at radius 3 is 3.00 bits per heavy atom. The Hall–Kier alpha value is -1.81. The largest absolute Gasteiger partial charge is 0.462 e. The van der Waals surface area contributed by atoms with Crippen LogP contribution in [0.5, 0.6) is 0 Å². The normalized spacial score (nSPS) is 20.9. The van der Waals surface area contributed by atoms with E-state index in [1.165, 1.54) is 55.3 Å². The van der Waals surface area contributed by atoms with Gasteiger partial charge in [0.2, 0.25) is 0 Å². The van der Waals surface area contributed by atoms with Crippen LogP contribution in [0.15, 0.2) is 18.2 Å². The molecule has 26 heavy (non-hydrogen) atoms. The predicted octanol–water partition coefficient (Wildman–Crippen LogP) is 4.47. The quantitative estimate of drug-likeness (QED) is 0.636. The number of esters is 1. The average Bonchev–Trinajstić information content (AvgIpc) is 3.04. The van der Waals surface area contributed by atoms with Crippen LogP contribution in [0.25, 0.3) is 10.9 Å². The Balaban J connectivity index is 1.34. The molecule has 1 unspecified atom stereocenters. The summed E-state index contributed by atoms with van der Waals surface area (Å²) in [6, 6.07) is 6.60. The molecular weight excluding hydrogens is 324 g/mol. The van der Waals surface area contributed by atoms with Crippen LogP contribution in [-0.2, 0) is 17.6 Å². The minimum atomic E-state index is -0.190. The average molecular weight is 354 g/mol. The third kappa shape index (κ3) is 3.66. The van der Waals surface area contributed by atoms with Crippen molar-refractivity contribution >= 4 is 16.9 Å². The number of aryl methyl sites for hydroxylation is 2. The van der Waals surface area contributed by atoms with Gasteiger partial charge in [-0.3, -0.25) is 0 Å². The molecular formula is C22H30N2O2. The number of aromatic nitrogens is 1. The summed E-state index contributed by atoms with van der Waals surface area (Å²) in [6.07, 6.45) is 9.58. The lowest BCUT2D eigenvalue weighted by molar-refractivity contribution is 0.0476. The van der Waals surface area contributed by atoms with E-state index in [2.05, 4.69) is 16.8 Å². The number of H-pyrrole nitrogens is 1. The van der Waals surface area contributed by atoms with Crippen molar-refractivity contribution in [1.29, 1.82) is 0 Å². The summed E-state index contributed by atoms with van der Waals surface area (Å²) in [4.78, 5) is 18.5. The molecule has 4 heteroatoms. The number of rotatable bonds is 5. The first-order chi connectivity index (χ1) is 12.7. The maximum Gasteiger partial charge on any atom is 0.338 e. The van der Waals surface area contributed by atoms with Crippen LogP contribution in [-0.4, -0.2) is 41.6 Å². The van der Waals surface area contributed by atoms with E-state index in [0.717, 1.165) is 31.3 Å². The summed E-state index contributed by atoms with van der Waals surface area (Å²) in [5.41, 5.74) is 4.58. The van der Waals surface area contributed by atoms with Gasteiger partial charge in [0.05, 0.1) is 12.2 Å². The lowest BCUT2D eigenvalue weighted by atomic mass is 9.95. The van der Waals surface area contributed by atoms with E-state index in [1.807, 2.05) is 18.2 Å². The number of piperidine rings is 1. The highest BCUT2D eigenvalue weighted by Crippen LogP contribution is 2.29. The van der Waals surface area contributed by atoms with Crippen LogP contribution in [0.2, 0.25) is 0 Å². The number of likely N-dealkylation sites (tertiary alicyclic amines) is 1. The fourth-order valence-corrected chi connectivity index (χ4v) is 4.54. The summed E-state index contributed by atoms with van der Waals surface area (Å²) in [5, 5.41) is 1.20. The molecule has 2 aromatic rings. The van der Waals surface area contributed by atoms with Gasteiger partial charge in [-0.15, -0.1) is 0 Å². The van der Waals surface area contributed by atoms with Crippen LogP contribution < -0.4 is 0 Å². The fourth-order valence-electron chi connectivity index (χ4n) is 4.54. The second kappa shape index (κ2) is 7.83. The summed E-state index contributed by atoms with van der Waals surface area (Å²) in [7, 11) is 0. The first-order valence-electron chi connectivity index (χ1n) is 10.3. The van der Waals surface area contributed by atoms with Crippen LogP contribution in [0.3, 0.4) is 0 Å². The molecule has 2 aliphatic rings. The molecule has 0 saturated carbocycles. The maximum atomic E-state index is 12.4. The highest BCUT2D eigenvalue weighted by molar-refractivity contribution is 5.96. The van der Waals surface area contributed by atoms with E-state index < -0.39 is 0 Å². The Kier molecular flexibility index (Phi) is 5.30. The van der Waals surface area contributed by atoms with Crippen molar-refractivity contribution in [2.24, 2.45) is 0 Å². The zero-order valence-corrected chi connectivity index (χ0v) is 15.9. The lowest BCUT2D eigenvalue weighted by Crippen LogP contribution is -2.38. The Labute approximate surface area is 155 Å². The van der Waals surface area contributed by atoms with E-state index in [1.54, 1.807) is 0 Å². The topological polar surface area (TPSA) is 45.3 Å². The van der Waals surface area contributed by atoms with Crippen LogP contribution in [0.1, 0.15) is 67.1 Å². The van der Waals surface area contributed by atoms with Gasteiger partial charge in [0, 0.05) is 29.2 Å². The number of hydrogen-bond acceptors (Lipinski definition) is 3. The number of hydrogen-bond donors (Lipinski definition) is 1. The zero-order valence-electron chi connectivity index (χ0n) is 15.9. The number of benzene rings is 1. The molecule has 140 valence electrons. The van der Waals surface area contributed by atoms with Gasteiger partial charge < -0.3 is 14.6 Å². The van der Waals surface area contributed by atoms with Crippen molar-refractivity contribution < 1.29 is 9.53 Å². The summed E-state index contributed by atoms with van der Waals surface area (Å²) >= 11 is 0. The van der Waals surface area contributed by atoms with E-state index in [0.29, 0.717) is 18.2 Å². The van der Waals surface area contributed by atoms with E-state index in [-0.39, 0.29) is 5.97 Å². The summed E-state index contributed by atoms with van der Waals surface area (Å²) in [6.45, 7) is 5.02. The number of carbonyl (C=O) groups is 1. The van der Waals surface area contributed by atoms with Crippen molar-refractivity contribution in [2.75, 3.05) is 19.7 Å². The van der Waals surface area contributed by atoms with Crippen molar-refractivity contribution in [3.05, 3.63) is 35.0 Å². The molecule has 1 aromatic carbocycles. The smallest absolute Gasteiger partial charge is 0.338 e. The van der Waals surface area contributed by atoms with Gasteiger partial charge in [-0.05, 0) is 82.2 Å². The second-order valence-corrected chi connectivity index (χ2v) is 7.92. The first-order valence-corrected chi connectivity index (χ1v) is 10.3. The SMILES string of the molecule is CC1CCCCN1CCCOC(=O)c1ccc2[nH]c3c(c2c1)CCCC3. The molecule has 0 amide bonds. The van der Waals surface area contributed by atoms with E-state index in [4.69, 9.17) is 4.74 Å². The fraction of sp³-hybridized carbons (Fsp3) is 0.591. The van der Waals surface area contributed by atoms with Gasteiger partial charge in [-0.1, -0.05) is 6.42 Å². The number of fused-ring (bicyclic) bond motifs is 3. The lowest BCUT2D eigenvalue weighted by Gasteiger charge is -2.33. The molecule has 4 rings (SSSR count). The minimum absolute atomic E-state index is 0.190. The van der Waals surface area contributed by atoms with Crippen molar-refractivity contribution in [3.8, 4) is 0 Å². The zero-order chi connectivity index (χ0) is 17.9. The summed E-state index contributed by atoms with van der Waals surface area (Å²) < 4.78 is 5.55. The number of nitrogens with zero attached hydrogens (tertiary/aromatic N) is 1. The third-order valence-electron chi connectivity index (χ3n) is 6.10. The minimum Gasteiger partial charge on any atom is -0.462 e. The van der Waals surface area contributed by atoms with Crippen LogP contribution in [0, 0.1) is 0 Å². The molecule has 1 aromatic heterocycles. The number of ether oxygens (including phenoxy) is 1. The van der Waals surface area contributed by atoms with Gasteiger partial charge in [-0.25, -0.2) is 4.79 Å². The third-order valence-corrected chi connectivity index (χ3v) is 6.10. The van der Waals surface area contributed by atoms with Crippen molar-refractivity contribution in [2.45, 2.75) is 64.3 Å². The molecule has 4 nitrogen and oxygen atoms in total. The second-order valence-electron chi connectivity index (χ2n) is 7.92. The van der Waals surface area contributed by atoms with Gasteiger partial charge >= 0.3 is 5.97 Å². The molecule has 1 aliphatic carbocycles. The Morgan fingerprint density at radius 1 is 1.23 bits per heavy atom. The van der Waals surface area contributed by atoms with Gasteiger partial charge in [0.1, 0.15) is 0 Å². The Bertz CT molecular complexity index is 780. The van der Waals surface area contributed by atoms with Gasteiger partial charge in [-0.2, -0.15) is 0 Å². The highest BCUT2D eigenvalue weighted by Gasteiger charge is 2.19. The van der Waals surface area contributed by atoms with Gasteiger partial charge in [0.25, 0.3) is 0 Å².